The Balaban J connectivity index is 2.08. The second kappa shape index (κ2) is 10.0. The van der Waals surface area contributed by atoms with Crippen molar-refractivity contribution in [2.75, 3.05) is 12.8 Å². The van der Waals surface area contributed by atoms with Crippen LogP contribution in [-0.2, 0) is 12.8 Å². The zero-order chi connectivity index (χ0) is 17.2. The summed E-state index contributed by atoms with van der Waals surface area (Å²) < 4.78 is 5.54. The van der Waals surface area contributed by atoms with Crippen LogP contribution < -0.4 is 10.5 Å². The van der Waals surface area contributed by atoms with Crippen LogP contribution in [0.25, 0.3) is 0 Å². The molecule has 0 aliphatic carbocycles. The average Bonchev–Trinajstić information content (AvgIpc) is 2.60. The SMILES string of the molecule is CCCCCCC(Cc1ccccc1)Cc1cc(N)ccc1OC. The average molecular weight is 325 g/mol. The molecule has 2 N–H and O–H groups in total. The fraction of sp³-hybridized carbons (Fsp3) is 0.455. The summed E-state index contributed by atoms with van der Waals surface area (Å²) in [6.45, 7) is 2.26. The Bertz CT molecular complexity index is 594. The van der Waals surface area contributed by atoms with Gasteiger partial charge in [0.25, 0.3) is 0 Å². The number of unbranched alkanes of at least 4 members (excludes halogenated alkanes) is 3. The number of nitrogens with two attached hydrogens (primary N) is 1. The molecule has 130 valence electrons. The molecule has 2 aromatic rings. The summed E-state index contributed by atoms with van der Waals surface area (Å²) in [4.78, 5) is 0. The molecule has 0 amide bonds. The van der Waals surface area contributed by atoms with Crippen LogP contribution in [0.4, 0.5) is 5.69 Å². The Morgan fingerprint density at radius 2 is 1.75 bits per heavy atom. The molecule has 0 fully saturated rings. The van der Waals surface area contributed by atoms with Gasteiger partial charge in [-0.2, -0.15) is 0 Å². The van der Waals surface area contributed by atoms with Gasteiger partial charge in [0, 0.05) is 5.69 Å². The van der Waals surface area contributed by atoms with Gasteiger partial charge < -0.3 is 10.5 Å². The van der Waals surface area contributed by atoms with Crippen molar-refractivity contribution in [3.05, 3.63) is 59.7 Å². The molecule has 2 aromatic carbocycles. The lowest BCUT2D eigenvalue weighted by atomic mass is 9.87. The van der Waals surface area contributed by atoms with E-state index in [1.165, 1.54) is 43.2 Å². The molecular formula is C22H31NO. The van der Waals surface area contributed by atoms with Crippen LogP contribution in [0, 0.1) is 5.92 Å². The molecule has 2 heteroatoms. The fourth-order valence-electron chi connectivity index (χ4n) is 3.35. The highest BCUT2D eigenvalue weighted by Gasteiger charge is 2.14. The molecule has 2 nitrogen and oxygen atoms in total. The number of hydrogen-bond acceptors (Lipinski definition) is 2. The predicted molar refractivity (Wildman–Crippen MR) is 104 cm³/mol. The van der Waals surface area contributed by atoms with E-state index in [9.17, 15) is 0 Å². The number of ether oxygens (including phenoxy) is 1. The number of nitrogen functional groups attached to an aromatic ring is 1. The molecule has 0 aliphatic rings. The van der Waals surface area contributed by atoms with Gasteiger partial charge in [0.2, 0.25) is 0 Å². The van der Waals surface area contributed by atoms with Gasteiger partial charge in [-0.05, 0) is 54.5 Å². The quantitative estimate of drug-likeness (QED) is 0.452. The third-order valence-electron chi connectivity index (χ3n) is 4.65. The van der Waals surface area contributed by atoms with Crippen LogP contribution >= 0.6 is 0 Å². The van der Waals surface area contributed by atoms with Crippen LogP contribution in [0.3, 0.4) is 0 Å². The van der Waals surface area contributed by atoms with Crippen LogP contribution in [0.1, 0.15) is 50.2 Å². The Morgan fingerprint density at radius 1 is 0.958 bits per heavy atom. The van der Waals surface area contributed by atoms with Crippen molar-refractivity contribution in [1.29, 1.82) is 0 Å². The van der Waals surface area contributed by atoms with Gasteiger partial charge in [-0.25, -0.2) is 0 Å². The summed E-state index contributed by atoms with van der Waals surface area (Å²) in [6.07, 6.45) is 8.64. The van der Waals surface area contributed by atoms with E-state index in [1.54, 1.807) is 7.11 Å². The van der Waals surface area contributed by atoms with Gasteiger partial charge in [-0.3, -0.25) is 0 Å². The van der Waals surface area contributed by atoms with Gasteiger partial charge in [-0.15, -0.1) is 0 Å². The first kappa shape index (κ1) is 18.4. The molecule has 0 aromatic heterocycles. The maximum absolute atomic E-state index is 5.99. The zero-order valence-corrected chi connectivity index (χ0v) is 15.1. The summed E-state index contributed by atoms with van der Waals surface area (Å²) in [5.41, 5.74) is 9.46. The minimum absolute atomic E-state index is 0.625. The standard InChI is InChI=1S/C22H31NO/c1-3-4-5-7-12-19(15-18-10-8-6-9-11-18)16-20-17-21(23)13-14-22(20)24-2/h6,8-11,13-14,17,19H,3-5,7,12,15-16,23H2,1-2H3. The minimum Gasteiger partial charge on any atom is -0.496 e. The van der Waals surface area contributed by atoms with Crippen molar-refractivity contribution in [2.45, 2.75) is 51.9 Å². The van der Waals surface area contributed by atoms with Crippen molar-refractivity contribution in [3.63, 3.8) is 0 Å². The normalized spacial score (nSPS) is 12.1. The number of methoxy groups -OCH3 is 1. The van der Waals surface area contributed by atoms with Crippen molar-refractivity contribution >= 4 is 5.69 Å². The lowest BCUT2D eigenvalue weighted by Crippen LogP contribution is -2.10. The lowest BCUT2D eigenvalue weighted by Gasteiger charge is -2.19. The van der Waals surface area contributed by atoms with Crippen LogP contribution in [-0.4, -0.2) is 7.11 Å². The highest BCUT2D eigenvalue weighted by atomic mass is 16.5. The Morgan fingerprint density at radius 3 is 2.46 bits per heavy atom. The smallest absolute Gasteiger partial charge is 0.122 e. The van der Waals surface area contributed by atoms with Gasteiger partial charge in [0.1, 0.15) is 5.75 Å². The predicted octanol–water partition coefficient (Wildman–Crippen LogP) is 5.65. The number of rotatable bonds is 10. The molecule has 0 bridgehead atoms. The minimum atomic E-state index is 0.625. The number of hydrogen-bond donors (Lipinski definition) is 1. The molecule has 1 atom stereocenters. The van der Waals surface area contributed by atoms with E-state index in [4.69, 9.17) is 10.5 Å². The first-order valence-corrected chi connectivity index (χ1v) is 9.19. The molecular weight excluding hydrogens is 294 g/mol. The number of benzene rings is 2. The van der Waals surface area contributed by atoms with Crippen LogP contribution in [0.2, 0.25) is 0 Å². The maximum atomic E-state index is 5.99. The van der Waals surface area contributed by atoms with Gasteiger partial charge in [0.05, 0.1) is 7.11 Å². The van der Waals surface area contributed by atoms with E-state index in [0.29, 0.717) is 5.92 Å². The van der Waals surface area contributed by atoms with Crippen molar-refractivity contribution < 1.29 is 4.74 Å². The summed E-state index contributed by atoms with van der Waals surface area (Å²) in [5.74, 6) is 1.58. The second-order valence-electron chi connectivity index (χ2n) is 6.68. The van der Waals surface area contributed by atoms with Crippen LogP contribution in [0.15, 0.2) is 48.5 Å². The third-order valence-corrected chi connectivity index (χ3v) is 4.65. The van der Waals surface area contributed by atoms with Crippen molar-refractivity contribution in [1.82, 2.24) is 0 Å². The molecule has 0 saturated heterocycles. The zero-order valence-electron chi connectivity index (χ0n) is 15.1. The van der Waals surface area contributed by atoms with E-state index >= 15 is 0 Å². The molecule has 24 heavy (non-hydrogen) atoms. The van der Waals surface area contributed by atoms with Crippen molar-refractivity contribution in [2.24, 2.45) is 5.92 Å². The maximum Gasteiger partial charge on any atom is 0.122 e. The van der Waals surface area contributed by atoms with Gasteiger partial charge >= 0.3 is 0 Å². The first-order valence-electron chi connectivity index (χ1n) is 9.19. The first-order chi connectivity index (χ1) is 11.7. The van der Waals surface area contributed by atoms with E-state index in [1.807, 2.05) is 12.1 Å². The highest BCUT2D eigenvalue weighted by Crippen LogP contribution is 2.28. The second-order valence-corrected chi connectivity index (χ2v) is 6.68. The summed E-state index contributed by atoms with van der Waals surface area (Å²) in [7, 11) is 1.74. The molecule has 1 unspecified atom stereocenters. The topological polar surface area (TPSA) is 35.2 Å². The summed E-state index contributed by atoms with van der Waals surface area (Å²) in [6, 6.07) is 16.8. The molecule has 0 spiro atoms. The monoisotopic (exact) mass is 325 g/mol. The van der Waals surface area contributed by atoms with E-state index in [2.05, 4.69) is 43.3 Å². The molecule has 0 aliphatic heterocycles. The van der Waals surface area contributed by atoms with Gasteiger partial charge in [-0.1, -0.05) is 62.9 Å². The van der Waals surface area contributed by atoms with E-state index in [-0.39, 0.29) is 0 Å². The Hall–Kier alpha value is -1.96. The molecule has 0 heterocycles. The third kappa shape index (κ3) is 5.92. The number of anilines is 1. The van der Waals surface area contributed by atoms with Crippen molar-refractivity contribution in [3.8, 4) is 5.75 Å². The lowest BCUT2D eigenvalue weighted by molar-refractivity contribution is 0.396. The Kier molecular flexibility index (Phi) is 7.67. The van der Waals surface area contributed by atoms with E-state index < -0.39 is 0 Å². The highest BCUT2D eigenvalue weighted by molar-refractivity contribution is 5.48. The van der Waals surface area contributed by atoms with E-state index in [0.717, 1.165) is 24.3 Å². The molecule has 0 saturated carbocycles. The molecule has 0 radical (unpaired) electrons. The Labute approximate surface area is 147 Å². The van der Waals surface area contributed by atoms with Crippen LogP contribution in [0.5, 0.6) is 5.75 Å². The summed E-state index contributed by atoms with van der Waals surface area (Å²) >= 11 is 0. The molecule has 2 rings (SSSR count). The fourth-order valence-corrected chi connectivity index (χ4v) is 3.35. The summed E-state index contributed by atoms with van der Waals surface area (Å²) in [5, 5.41) is 0. The van der Waals surface area contributed by atoms with Gasteiger partial charge in [0.15, 0.2) is 0 Å². The largest absolute Gasteiger partial charge is 0.496 e.